The van der Waals surface area contributed by atoms with Gasteiger partial charge in [-0.15, -0.1) is 5.10 Å². The highest BCUT2D eigenvalue weighted by Gasteiger charge is 2.30. The minimum absolute atomic E-state index is 0.137. The van der Waals surface area contributed by atoms with Crippen LogP contribution in [0.4, 0.5) is 13.2 Å². The van der Waals surface area contributed by atoms with Crippen molar-refractivity contribution < 1.29 is 17.9 Å². The lowest BCUT2D eigenvalue weighted by Gasteiger charge is -2.10. The van der Waals surface area contributed by atoms with E-state index in [0.29, 0.717) is 11.4 Å². The third kappa shape index (κ3) is 2.81. The van der Waals surface area contributed by atoms with Crippen LogP contribution in [0.5, 0.6) is 0 Å². The summed E-state index contributed by atoms with van der Waals surface area (Å²) < 4.78 is 44.5. The Labute approximate surface area is 113 Å². The second-order valence-corrected chi connectivity index (χ2v) is 4.08. The van der Waals surface area contributed by atoms with Crippen LogP contribution in [-0.2, 0) is 24.1 Å². The van der Waals surface area contributed by atoms with E-state index in [1.165, 1.54) is 23.9 Å². The van der Waals surface area contributed by atoms with Gasteiger partial charge in [0.15, 0.2) is 0 Å². The maximum absolute atomic E-state index is 12.7. The van der Waals surface area contributed by atoms with Crippen LogP contribution in [0.2, 0.25) is 0 Å². The minimum atomic E-state index is -4.41. The average Bonchev–Trinajstić information content (AvgIpc) is 2.81. The fourth-order valence-electron chi connectivity index (χ4n) is 1.79. The Morgan fingerprint density at radius 1 is 1.35 bits per heavy atom. The van der Waals surface area contributed by atoms with Gasteiger partial charge in [0, 0.05) is 13.7 Å². The summed E-state index contributed by atoms with van der Waals surface area (Å²) in [6.07, 6.45) is -4.41. The molecule has 1 aromatic heterocycles. The van der Waals surface area contributed by atoms with Gasteiger partial charge in [0.1, 0.15) is 5.69 Å². The van der Waals surface area contributed by atoms with Gasteiger partial charge in [0.2, 0.25) is 0 Å². The fourth-order valence-corrected chi connectivity index (χ4v) is 1.79. The first-order valence-electron chi connectivity index (χ1n) is 5.77. The van der Waals surface area contributed by atoms with Gasteiger partial charge < -0.3 is 10.5 Å². The Morgan fingerprint density at radius 2 is 2.10 bits per heavy atom. The lowest BCUT2D eigenvalue weighted by Crippen LogP contribution is -2.09. The maximum Gasteiger partial charge on any atom is 0.416 e. The number of benzene rings is 1. The summed E-state index contributed by atoms with van der Waals surface area (Å²) in [5.41, 5.74) is 6.06. The number of nitrogens with two attached hydrogens (primary N) is 1. The van der Waals surface area contributed by atoms with Crippen LogP contribution in [0.1, 0.15) is 17.0 Å². The van der Waals surface area contributed by atoms with Gasteiger partial charge in [0.25, 0.3) is 0 Å². The number of methoxy groups -OCH3 is 1. The van der Waals surface area contributed by atoms with E-state index in [4.69, 9.17) is 10.5 Å². The second-order valence-electron chi connectivity index (χ2n) is 4.08. The predicted molar refractivity (Wildman–Crippen MR) is 65.0 cm³/mol. The van der Waals surface area contributed by atoms with E-state index in [2.05, 4.69) is 10.3 Å². The van der Waals surface area contributed by atoms with Gasteiger partial charge >= 0.3 is 6.18 Å². The van der Waals surface area contributed by atoms with Crippen molar-refractivity contribution >= 4 is 0 Å². The van der Waals surface area contributed by atoms with E-state index in [0.717, 1.165) is 12.1 Å². The second kappa shape index (κ2) is 5.59. The molecular weight excluding hydrogens is 273 g/mol. The number of hydrogen-bond acceptors (Lipinski definition) is 4. The van der Waals surface area contributed by atoms with Gasteiger partial charge in [-0.3, -0.25) is 0 Å². The van der Waals surface area contributed by atoms with Gasteiger partial charge in [-0.1, -0.05) is 11.3 Å². The average molecular weight is 286 g/mol. The van der Waals surface area contributed by atoms with Crippen molar-refractivity contribution in [3.63, 3.8) is 0 Å². The van der Waals surface area contributed by atoms with Crippen LogP contribution in [-0.4, -0.2) is 22.1 Å². The molecular formula is C12H13F3N4O. The summed E-state index contributed by atoms with van der Waals surface area (Å²) in [6.45, 7) is 0.299. The molecule has 2 aromatic rings. The summed E-state index contributed by atoms with van der Waals surface area (Å²) in [7, 11) is 1.48. The monoisotopic (exact) mass is 286 g/mol. The normalized spacial score (nSPS) is 11.8. The number of alkyl halides is 3. The zero-order chi connectivity index (χ0) is 14.8. The van der Waals surface area contributed by atoms with Crippen molar-refractivity contribution in [1.29, 1.82) is 0 Å². The lowest BCUT2D eigenvalue weighted by molar-refractivity contribution is -0.137. The van der Waals surface area contributed by atoms with E-state index in [-0.39, 0.29) is 18.8 Å². The first kappa shape index (κ1) is 14.5. The van der Waals surface area contributed by atoms with Crippen molar-refractivity contribution in [2.24, 2.45) is 5.73 Å². The molecule has 8 heteroatoms. The predicted octanol–water partition coefficient (Wildman–Crippen LogP) is 1.89. The molecule has 0 radical (unpaired) electrons. The van der Waals surface area contributed by atoms with Gasteiger partial charge in [0.05, 0.1) is 23.6 Å². The van der Waals surface area contributed by atoms with E-state index in [9.17, 15) is 13.2 Å². The van der Waals surface area contributed by atoms with Crippen molar-refractivity contribution in [2.45, 2.75) is 19.3 Å². The van der Waals surface area contributed by atoms with Crippen molar-refractivity contribution in [2.75, 3.05) is 7.11 Å². The number of rotatable bonds is 4. The molecule has 0 saturated carbocycles. The molecule has 5 nitrogen and oxygen atoms in total. The summed E-state index contributed by atoms with van der Waals surface area (Å²) in [4.78, 5) is 0. The highest BCUT2D eigenvalue weighted by molar-refractivity contribution is 5.38. The summed E-state index contributed by atoms with van der Waals surface area (Å²) >= 11 is 0. The Balaban J connectivity index is 2.49. The summed E-state index contributed by atoms with van der Waals surface area (Å²) in [5, 5.41) is 7.69. The Bertz CT molecular complexity index is 595. The highest BCUT2D eigenvalue weighted by atomic mass is 19.4. The highest BCUT2D eigenvalue weighted by Crippen LogP contribution is 2.30. The van der Waals surface area contributed by atoms with Crippen molar-refractivity contribution in [1.82, 2.24) is 15.0 Å². The Hall–Kier alpha value is -1.93. The molecule has 0 aliphatic rings. The molecule has 0 bridgehead atoms. The number of halogens is 3. The van der Waals surface area contributed by atoms with Crippen LogP contribution in [0.3, 0.4) is 0 Å². The van der Waals surface area contributed by atoms with E-state index < -0.39 is 11.7 Å². The van der Waals surface area contributed by atoms with Crippen LogP contribution >= 0.6 is 0 Å². The molecule has 0 atom stereocenters. The van der Waals surface area contributed by atoms with Crippen LogP contribution in [0, 0.1) is 0 Å². The topological polar surface area (TPSA) is 66.0 Å². The smallest absolute Gasteiger partial charge is 0.378 e. The molecule has 2 N–H and O–H groups in total. The molecule has 1 heterocycles. The molecule has 1 aromatic carbocycles. The van der Waals surface area contributed by atoms with Crippen LogP contribution in [0.15, 0.2) is 24.3 Å². The molecule has 108 valence electrons. The number of nitrogens with zero attached hydrogens (tertiary/aromatic N) is 3. The Kier molecular flexibility index (Phi) is 4.05. The third-order valence-electron chi connectivity index (χ3n) is 2.74. The summed E-state index contributed by atoms with van der Waals surface area (Å²) in [6, 6.07) is 4.84. The van der Waals surface area contributed by atoms with Crippen LogP contribution < -0.4 is 5.73 Å². The molecule has 0 unspecified atom stereocenters. The van der Waals surface area contributed by atoms with Crippen molar-refractivity contribution in [3.8, 4) is 5.69 Å². The first-order chi connectivity index (χ1) is 9.47. The molecule has 2 rings (SSSR count). The number of ether oxygens (including phenoxy) is 1. The molecule has 0 aliphatic carbocycles. The molecule has 0 saturated heterocycles. The maximum atomic E-state index is 12.7. The van der Waals surface area contributed by atoms with Gasteiger partial charge in [-0.2, -0.15) is 13.2 Å². The van der Waals surface area contributed by atoms with E-state index in [1.807, 2.05) is 0 Å². The van der Waals surface area contributed by atoms with Gasteiger partial charge in [-0.05, 0) is 18.2 Å². The van der Waals surface area contributed by atoms with Gasteiger partial charge in [-0.25, -0.2) is 4.68 Å². The van der Waals surface area contributed by atoms with Crippen LogP contribution in [0.25, 0.3) is 5.69 Å². The number of hydrogen-bond donors (Lipinski definition) is 1. The molecule has 0 spiro atoms. The largest absolute Gasteiger partial charge is 0.416 e. The van der Waals surface area contributed by atoms with E-state index in [1.54, 1.807) is 0 Å². The minimum Gasteiger partial charge on any atom is -0.378 e. The zero-order valence-electron chi connectivity index (χ0n) is 10.7. The van der Waals surface area contributed by atoms with E-state index >= 15 is 0 Å². The fraction of sp³-hybridized carbons (Fsp3) is 0.333. The standard InChI is InChI=1S/C12H13F3N4O/c1-20-7-11-10(6-16)17-18-19(11)9-4-2-3-8(5-9)12(13,14)15/h2-5H,6-7,16H2,1H3. The van der Waals surface area contributed by atoms with Crippen molar-refractivity contribution in [3.05, 3.63) is 41.2 Å². The lowest BCUT2D eigenvalue weighted by atomic mass is 10.2. The zero-order valence-corrected chi connectivity index (χ0v) is 10.7. The molecule has 0 fully saturated rings. The molecule has 20 heavy (non-hydrogen) atoms. The third-order valence-corrected chi connectivity index (χ3v) is 2.74. The summed E-state index contributed by atoms with van der Waals surface area (Å²) in [5.74, 6) is 0. The Morgan fingerprint density at radius 3 is 2.70 bits per heavy atom. The molecule has 0 amide bonds. The first-order valence-corrected chi connectivity index (χ1v) is 5.77. The molecule has 0 aliphatic heterocycles. The quantitative estimate of drug-likeness (QED) is 0.932. The SMILES string of the molecule is COCc1c(CN)nnn1-c1cccc(C(F)(F)F)c1. The number of aromatic nitrogens is 3.